The van der Waals surface area contributed by atoms with Crippen LogP contribution in [0.5, 0.6) is 0 Å². The fourth-order valence-corrected chi connectivity index (χ4v) is 2.97. The summed E-state index contributed by atoms with van der Waals surface area (Å²) in [6.45, 7) is 4.22. The number of aryl methyl sites for hydroxylation is 2. The van der Waals surface area contributed by atoms with Gasteiger partial charge in [0.15, 0.2) is 5.13 Å². The summed E-state index contributed by atoms with van der Waals surface area (Å²) in [6.07, 6.45) is 2.05. The Kier molecular flexibility index (Phi) is 2.59. The summed E-state index contributed by atoms with van der Waals surface area (Å²) < 4.78 is 0. The molecule has 0 saturated carbocycles. The van der Waals surface area contributed by atoms with E-state index >= 15 is 0 Å². The van der Waals surface area contributed by atoms with Crippen LogP contribution in [0, 0.1) is 13.8 Å². The SMILES string of the molecule is CNc1nc(-c2c[nH]c3cc(C)ccc23)c(C)s1. The second-order valence-electron chi connectivity index (χ2n) is 4.43. The molecule has 0 fully saturated rings. The van der Waals surface area contributed by atoms with Gasteiger partial charge in [-0.25, -0.2) is 4.98 Å². The monoisotopic (exact) mass is 257 g/mol. The van der Waals surface area contributed by atoms with Crippen LogP contribution in [0.15, 0.2) is 24.4 Å². The predicted molar refractivity (Wildman–Crippen MR) is 78.4 cm³/mol. The van der Waals surface area contributed by atoms with Gasteiger partial charge in [0, 0.05) is 34.6 Å². The van der Waals surface area contributed by atoms with Crippen LogP contribution in [-0.4, -0.2) is 17.0 Å². The first-order valence-corrected chi connectivity index (χ1v) is 6.74. The van der Waals surface area contributed by atoms with Crippen molar-refractivity contribution in [3.8, 4) is 11.3 Å². The van der Waals surface area contributed by atoms with E-state index in [1.54, 1.807) is 11.3 Å². The van der Waals surface area contributed by atoms with Gasteiger partial charge in [0.2, 0.25) is 0 Å². The summed E-state index contributed by atoms with van der Waals surface area (Å²) in [4.78, 5) is 9.19. The molecular weight excluding hydrogens is 242 g/mol. The molecule has 0 aliphatic carbocycles. The summed E-state index contributed by atoms with van der Waals surface area (Å²) in [6, 6.07) is 6.47. The largest absolute Gasteiger partial charge is 0.365 e. The van der Waals surface area contributed by atoms with Gasteiger partial charge >= 0.3 is 0 Å². The second-order valence-corrected chi connectivity index (χ2v) is 5.63. The summed E-state index contributed by atoms with van der Waals surface area (Å²) in [5.74, 6) is 0. The molecule has 3 nitrogen and oxygen atoms in total. The molecule has 0 aliphatic rings. The number of anilines is 1. The molecule has 4 heteroatoms. The third-order valence-corrected chi connectivity index (χ3v) is 4.09. The lowest BCUT2D eigenvalue weighted by Gasteiger charge is -1.97. The lowest BCUT2D eigenvalue weighted by atomic mass is 10.1. The van der Waals surface area contributed by atoms with Crippen molar-refractivity contribution in [2.45, 2.75) is 13.8 Å². The van der Waals surface area contributed by atoms with Gasteiger partial charge in [0.25, 0.3) is 0 Å². The zero-order valence-corrected chi connectivity index (χ0v) is 11.5. The minimum absolute atomic E-state index is 0.962. The Morgan fingerprint density at radius 3 is 2.83 bits per heavy atom. The zero-order chi connectivity index (χ0) is 12.7. The van der Waals surface area contributed by atoms with Crippen LogP contribution < -0.4 is 5.32 Å². The molecule has 3 rings (SSSR count). The van der Waals surface area contributed by atoms with Gasteiger partial charge in [-0.05, 0) is 25.5 Å². The molecular formula is C14H15N3S. The molecule has 2 heterocycles. The Bertz CT molecular complexity index is 709. The quantitative estimate of drug-likeness (QED) is 0.729. The smallest absolute Gasteiger partial charge is 0.183 e. The number of hydrogen-bond donors (Lipinski definition) is 2. The van der Waals surface area contributed by atoms with Gasteiger partial charge in [-0.1, -0.05) is 12.1 Å². The van der Waals surface area contributed by atoms with E-state index in [4.69, 9.17) is 0 Å². The van der Waals surface area contributed by atoms with Crippen LogP contribution in [0.1, 0.15) is 10.4 Å². The third-order valence-electron chi connectivity index (χ3n) is 3.10. The number of H-pyrrole nitrogens is 1. The molecule has 2 N–H and O–H groups in total. The number of benzene rings is 1. The van der Waals surface area contributed by atoms with Gasteiger partial charge in [-0.3, -0.25) is 0 Å². The maximum atomic E-state index is 4.63. The van der Waals surface area contributed by atoms with Gasteiger partial charge in [0.1, 0.15) is 0 Å². The van der Waals surface area contributed by atoms with E-state index in [2.05, 4.69) is 47.3 Å². The van der Waals surface area contributed by atoms with Crippen molar-refractivity contribution in [3.63, 3.8) is 0 Å². The van der Waals surface area contributed by atoms with Crippen LogP contribution in [-0.2, 0) is 0 Å². The molecule has 1 aromatic carbocycles. The molecule has 18 heavy (non-hydrogen) atoms. The molecule has 0 saturated heterocycles. The number of nitrogens with zero attached hydrogens (tertiary/aromatic N) is 1. The Morgan fingerprint density at radius 1 is 1.28 bits per heavy atom. The molecule has 92 valence electrons. The molecule has 0 radical (unpaired) electrons. The molecule has 0 atom stereocenters. The number of aromatic amines is 1. The second kappa shape index (κ2) is 4.14. The van der Waals surface area contributed by atoms with Crippen LogP contribution in [0.25, 0.3) is 22.2 Å². The zero-order valence-electron chi connectivity index (χ0n) is 10.7. The minimum Gasteiger partial charge on any atom is -0.365 e. The molecule has 3 aromatic rings. The van der Waals surface area contributed by atoms with Crippen molar-refractivity contribution in [3.05, 3.63) is 34.8 Å². The fraction of sp³-hybridized carbons (Fsp3) is 0.214. The summed E-state index contributed by atoms with van der Waals surface area (Å²) in [5.41, 5.74) is 4.69. The van der Waals surface area contributed by atoms with Crippen LogP contribution in [0.3, 0.4) is 0 Å². The maximum absolute atomic E-state index is 4.63. The van der Waals surface area contributed by atoms with E-state index in [9.17, 15) is 0 Å². The van der Waals surface area contributed by atoms with Crippen molar-refractivity contribution in [1.29, 1.82) is 0 Å². The summed E-state index contributed by atoms with van der Waals surface area (Å²) >= 11 is 1.69. The van der Waals surface area contributed by atoms with E-state index in [1.165, 1.54) is 26.9 Å². The van der Waals surface area contributed by atoms with E-state index < -0.39 is 0 Å². The Balaban J connectivity index is 2.22. The lowest BCUT2D eigenvalue weighted by Crippen LogP contribution is -1.85. The fourth-order valence-electron chi connectivity index (χ4n) is 2.19. The first-order valence-electron chi connectivity index (χ1n) is 5.92. The first kappa shape index (κ1) is 11.3. The summed E-state index contributed by atoms with van der Waals surface area (Å²) in [7, 11) is 1.90. The number of fused-ring (bicyclic) bond motifs is 1. The number of hydrogen-bond acceptors (Lipinski definition) is 3. The van der Waals surface area contributed by atoms with Gasteiger partial charge < -0.3 is 10.3 Å². The van der Waals surface area contributed by atoms with E-state index in [0.29, 0.717) is 0 Å². The van der Waals surface area contributed by atoms with Crippen molar-refractivity contribution < 1.29 is 0 Å². The molecule has 0 amide bonds. The van der Waals surface area contributed by atoms with E-state index in [1.807, 2.05) is 13.2 Å². The first-order chi connectivity index (χ1) is 8.69. The molecule has 0 spiro atoms. The number of nitrogens with one attached hydrogen (secondary N) is 2. The van der Waals surface area contributed by atoms with Crippen LogP contribution in [0.4, 0.5) is 5.13 Å². The average Bonchev–Trinajstić information content (AvgIpc) is 2.91. The highest BCUT2D eigenvalue weighted by atomic mass is 32.1. The lowest BCUT2D eigenvalue weighted by molar-refractivity contribution is 1.34. The van der Waals surface area contributed by atoms with Gasteiger partial charge in [-0.15, -0.1) is 11.3 Å². The summed E-state index contributed by atoms with van der Waals surface area (Å²) in [5, 5.41) is 5.30. The minimum atomic E-state index is 0.962. The molecule has 0 bridgehead atoms. The number of rotatable bonds is 2. The van der Waals surface area contributed by atoms with Crippen molar-refractivity contribution in [1.82, 2.24) is 9.97 Å². The normalized spacial score (nSPS) is 11.1. The van der Waals surface area contributed by atoms with Crippen molar-refractivity contribution in [2.24, 2.45) is 0 Å². The number of thiazole rings is 1. The highest BCUT2D eigenvalue weighted by molar-refractivity contribution is 7.16. The van der Waals surface area contributed by atoms with Crippen LogP contribution in [0.2, 0.25) is 0 Å². The van der Waals surface area contributed by atoms with E-state index in [-0.39, 0.29) is 0 Å². The van der Waals surface area contributed by atoms with Crippen molar-refractivity contribution >= 4 is 27.4 Å². The van der Waals surface area contributed by atoms with Crippen molar-refractivity contribution in [2.75, 3.05) is 12.4 Å². The highest BCUT2D eigenvalue weighted by Gasteiger charge is 2.13. The molecule has 0 unspecified atom stereocenters. The maximum Gasteiger partial charge on any atom is 0.183 e. The Hall–Kier alpha value is -1.81. The average molecular weight is 257 g/mol. The van der Waals surface area contributed by atoms with E-state index in [0.717, 1.165) is 10.8 Å². The predicted octanol–water partition coefficient (Wildman–Crippen LogP) is 3.95. The van der Waals surface area contributed by atoms with Gasteiger partial charge in [0.05, 0.1) is 5.69 Å². The Labute approximate surface area is 110 Å². The molecule has 2 aromatic heterocycles. The molecule has 0 aliphatic heterocycles. The highest BCUT2D eigenvalue weighted by Crippen LogP contribution is 2.34. The number of aromatic nitrogens is 2. The van der Waals surface area contributed by atoms with Crippen LogP contribution >= 0.6 is 11.3 Å². The Morgan fingerprint density at radius 2 is 2.11 bits per heavy atom. The topological polar surface area (TPSA) is 40.7 Å². The third kappa shape index (κ3) is 1.69. The standard InChI is InChI=1S/C14H15N3S/c1-8-4-5-10-11(7-16-12(10)6-8)13-9(2)18-14(15-3)17-13/h4-7,16H,1-3H3,(H,15,17). The van der Waals surface area contributed by atoms with Gasteiger partial charge in [-0.2, -0.15) is 0 Å².